The van der Waals surface area contributed by atoms with Crippen molar-refractivity contribution in [3.05, 3.63) is 526 Å². The van der Waals surface area contributed by atoms with Crippen molar-refractivity contribution in [1.29, 1.82) is 0 Å². The second-order valence-corrected chi connectivity index (χ2v) is 38.9. The van der Waals surface area contributed by atoms with E-state index in [4.69, 9.17) is 15.1 Å². The van der Waals surface area contributed by atoms with Gasteiger partial charge >= 0.3 is 0 Å². The zero-order valence-corrected chi connectivity index (χ0v) is 84.1. The van der Waals surface area contributed by atoms with Gasteiger partial charge in [-0.05, 0) is 274 Å². The van der Waals surface area contributed by atoms with Gasteiger partial charge < -0.3 is 23.8 Å². The maximum Gasteiger partial charge on any atom is 0.155 e. The topological polar surface area (TPSA) is 95.7 Å². The molecule has 1 aliphatic rings. The number of ketones is 1. The molecule has 0 spiro atoms. The first-order chi connectivity index (χ1) is 71.7. The number of imidazole rings is 1. The average Bonchev–Trinajstić information content (AvgIpc) is 1.70. The second-order valence-electron chi connectivity index (χ2n) is 38.9. The molecular formula is C137H98IrN7O2-. The van der Waals surface area contributed by atoms with Crippen LogP contribution in [0.2, 0.25) is 0 Å². The first-order valence-electron chi connectivity index (χ1n) is 49.9. The van der Waals surface area contributed by atoms with E-state index in [2.05, 4.69) is 511 Å². The summed E-state index contributed by atoms with van der Waals surface area (Å²) >= 11 is 0. The van der Waals surface area contributed by atoms with Gasteiger partial charge in [-0.1, -0.05) is 342 Å². The minimum atomic E-state index is -0.125. The Bertz CT molecular complexity index is 9790. The number of carbonyl (C=O) groups is 1. The van der Waals surface area contributed by atoms with Crippen LogP contribution in [0.3, 0.4) is 0 Å². The van der Waals surface area contributed by atoms with E-state index in [-0.39, 0.29) is 43.0 Å². The van der Waals surface area contributed by atoms with Gasteiger partial charge in [0.2, 0.25) is 0 Å². The van der Waals surface area contributed by atoms with Crippen LogP contribution in [-0.4, -0.2) is 44.1 Å². The van der Waals surface area contributed by atoms with Crippen molar-refractivity contribution in [2.45, 2.75) is 46.0 Å². The van der Waals surface area contributed by atoms with E-state index < -0.39 is 0 Å². The molecule has 1 aliphatic carbocycles. The standard InChI is InChI=1S/C70H44N4.C43H28N2.C19H18N.C5H8O2.Ir/c1-3-15-44(16-4-1)70-55-23-8-7-19-51(55)58-39-45(27-32-56(58)70)46-30-36-68-61(42-46)54-22-11-14-26-65(54)74(68)69-37-38-71-62-43-50(31-33-57(62)69)73-64-25-13-10-21-53(64)60-41-48(29-35-67(60)73)47-28-34-66-59(40-47)52-20-9-12-24-63(52)72(66)49-17-5-2-6-18-49;1-2-13-31(14-3-1)43-44-39-20-10-11-21-40(39)45(43)34-26-24-30(25-27-34)41-35-16-6-8-18-37(35)42(38-19-9-7-17-36(38)41)33-23-22-29-12-4-5-15-32(29)28-33;1-19(2,3)16-10-8-15(9-11-16)18-17-7-5-4-6-14(17)12-13-20-18;1-4(6)3-5(2)7;/h1-43,70H;1-28H;4-8,10-13H,1-3H3;3,6H,1-2H3;/q;;-1;;. The molecule has 0 aliphatic heterocycles. The summed E-state index contributed by atoms with van der Waals surface area (Å²) in [5.74, 6) is 1.11. The summed E-state index contributed by atoms with van der Waals surface area (Å²) in [6.07, 6.45) is 5.00. The summed E-state index contributed by atoms with van der Waals surface area (Å²) in [7, 11) is 0. The first kappa shape index (κ1) is 91.4. The van der Waals surface area contributed by atoms with Crippen LogP contribution in [0.25, 0.3) is 231 Å². The molecule has 28 rings (SSSR count). The monoisotopic (exact) mass is 2070 g/mol. The molecule has 10 heteroatoms. The number of fused-ring (bicyclic) bond motifs is 18. The van der Waals surface area contributed by atoms with E-state index in [9.17, 15) is 4.79 Å². The quantitative estimate of drug-likeness (QED) is 0.0569. The number of benzene rings is 21. The van der Waals surface area contributed by atoms with Crippen molar-refractivity contribution >= 4 is 136 Å². The molecule has 1 N–H and O–H groups in total. The fraction of sp³-hybridized carbons (Fsp3) is 0.0511. The van der Waals surface area contributed by atoms with Gasteiger partial charge in [0, 0.05) is 105 Å². The fourth-order valence-electron chi connectivity index (χ4n) is 22.3. The smallest absolute Gasteiger partial charge is 0.155 e. The average molecular weight is 2070 g/mol. The van der Waals surface area contributed by atoms with E-state index in [0.717, 1.165) is 72.8 Å². The predicted octanol–water partition coefficient (Wildman–Crippen LogP) is 35.5. The summed E-state index contributed by atoms with van der Waals surface area (Å²) in [6, 6.07) is 175. The van der Waals surface area contributed by atoms with E-state index >= 15 is 0 Å². The van der Waals surface area contributed by atoms with Crippen LogP contribution < -0.4 is 0 Å². The Labute approximate surface area is 865 Å². The van der Waals surface area contributed by atoms with Crippen molar-refractivity contribution in [1.82, 2.24) is 33.2 Å². The number of aliphatic hydroxyl groups is 1. The maximum absolute atomic E-state index is 10.0. The van der Waals surface area contributed by atoms with Crippen molar-refractivity contribution in [2.24, 2.45) is 0 Å². The largest absolute Gasteiger partial charge is 0.512 e. The number of nitrogens with zero attached hydrogens (tertiary/aromatic N) is 7. The molecule has 27 aromatic rings. The number of aliphatic hydroxyl groups excluding tert-OH is 1. The summed E-state index contributed by atoms with van der Waals surface area (Å²) < 4.78 is 9.48. The van der Waals surface area contributed by atoms with Gasteiger partial charge in [-0.2, -0.15) is 0 Å². The molecule has 703 valence electrons. The van der Waals surface area contributed by atoms with Crippen LogP contribution >= 0.6 is 0 Å². The second kappa shape index (κ2) is 38.3. The molecule has 0 saturated carbocycles. The number of aromatic nitrogens is 7. The van der Waals surface area contributed by atoms with Crippen LogP contribution in [0.1, 0.15) is 62.8 Å². The number of pyridine rings is 2. The van der Waals surface area contributed by atoms with Gasteiger partial charge in [0.25, 0.3) is 0 Å². The molecule has 0 amide bonds. The van der Waals surface area contributed by atoms with Crippen LogP contribution in [-0.2, 0) is 30.3 Å². The summed E-state index contributed by atoms with van der Waals surface area (Å²) in [4.78, 5) is 24.7. The number of hydrogen-bond acceptors (Lipinski definition) is 5. The van der Waals surface area contributed by atoms with Crippen LogP contribution in [0, 0.1) is 6.07 Å². The van der Waals surface area contributed by atoms with Crippen LogP contribution in [0.4, 0.5) is 0 Å². The molecule has 6 heterocycles. The molecule has 0 fully saturated rings. The van der Waals surface area contributed by atoms with Crippen molar-refractivity contribution in [3.63, 3.8) is 0 Å². The van der Waals surface area contributed by atoms with E-state index in [1.165, 1.54) is 201 Å². The molecule has 0 saturated heterocycles. The molecule has 1 atom stereocenters. The van der Waals surface area contributed by atoms with Crippen LogP contribution in [0.15, 0.2) is 497 Å². The molecule has 1 unspecified atom stereocenters. The minimum Gasteiger partial charge on any atom is -0.512 e. The number of allylic oxidation sites excluding steroid dienone is 2. The van der Waals surface area contributed by atoms with E-state index in [0.29, 0.717) is 0 Å². The normalized spacial score (nSPS) is 12.4. The SMILES string of the molecule is CC(=O)C=C(C)O.CC(C)(C)c1c[c-]c(-c2nccc3ccccc23)cc1.[Ir].c1ccc(-c2nc3ccccc3n2-c2ccc(-c3c4ccccc4c(-c4ccc5ccccc5c4)c4ccccc34)cc2)cc1.c1ccc(C2c3ccccc3-c3cc(-c4ccc5c(c4)c4ccccc4n5-c4ccnc5cc(-n6c7ccccc7c7cc(-c8ccc9c(c8)c8ccccc8n9-c8ccccc8)ccc76)ccc45)ccc32)cc1. The number of hydrogen-bond donors (Lipinski definition) is 1. The Morgan fingerprint density at radius 1 is 0.313 bits per heavy atom. The van der Waals surface area contributed by atoms with Gasteiger partial charge in [0.05, 0.1) is 61.1 Å². The fourth-order valence-corrected chi connectivity index (χ4v) is 22.3. The summed E-state index contributed by atoms with van der Waals surface area (Å²) in [6.45, 7) is 9.49. The van der Waals surface area contributed by atoms with E-state index in [1.54, 1.807) is 0 Å². The Balaban J connectivity index is 0.000000133. The first-order valence-corrected chi connectivity index (χ1v) is 49.9. The van der Waals surface area contributed by atoms with Crippen molar-refractivity contribution < 1.29 is 30.0 Å². The van der Waals surface area contributed by atoms with Crippen molar-refractivity contribution in [3.8, 4) is 101 Å². The predicted molar refractivity (Wildman–Crippen MR) is 610 cm³/mol. The molecule has 21 aromatic carbocycles. The van der Waals surface area contributed by atoms with Gasteiger partial charge in [-0.15, -0.1) is 35.4 Å². The minimum absolute atomic E-state index is 0. The Kier molecular flexibility index (Phi) is 23.8. The maximum atomic E-state index is 10.0. The Morgan fingerprint density at radius 3 is 1.36 bits per heavy atom. The number of carbonyl (C=O) groups excluding carboxylic acids is 1. The molecular weight excluding hydrogens is 1970 g/mol. The third-order valence-corrected chi connectivity index (χ3v) is 29.0. The van der Waals surface area contributed by atoms with Gasteiger partial charge in [0.1, 0.15) is 5.82 Å². The zero-order valence-electron chi connectivity index (χ0n) is 81.7. The number of rotatable bonds is 12. The van der Waals surface area contributed by atoms with Crippen LogP contribution in [0.5, 0.6) is 0 Å². The number of para-hydroxylation sites is 6. The van der Waals surface area contributed by atoms with E-state index in [1.807, 2.05) is 24.5 Å². The molecule has 9 nitrogen and oxygen atoms in total. The van der Waals surface area contributed by atoms with Crippen molar-refractivity contribution in [2.75, 3.05) is 0 Å². The van der Waals surface area contributed by atoms with Gasteiger partial charge in [0.15, 0.2) is 5.78 Å². The molecule has 147 heavy (non-hydrogen) atoms. The summed E-state index contributed by atoms with van der Waals surface area (Å²) in [5, 5.41) is 26.8. The molecule has 0 bridgehead atoms. The third-order valence-electron chi connectivity index (χ3n) is 29.0. The molecule has 1 radical (unpaired) electrons. The zero-order chi connectivity index (χ0) is 98.2. The third kappa shape index (κ3) is 16.7. The van der Waals surface area contributed by atoms with Gasteiger partial charge in [-0.3, -0.25) is 14.3 Å². The summed E-state index contributed by atoms with van der Waals surface area (Å²) in [5.41, 5.74) is 35.7. The molecule has 6 aromatic heterocycles. The Hall–Kier alpha value is -18.1. The Morgan fingerprint density at radius 2 is 0.769 bits per heavy atom. The van der Waals surface area contributed by atoms with Gasteiger partial charge in [-0.25, -0.2) is 4.98 Å².